The third-order valence-electron chi connectivity index (χ3n) is 7.65. The number of rotatable bonds is 12. The zero-order valence-corrected chi connectivity index (χ0v) is 24.7. The number of ether oxygens (including phenoxy) is 1. The van der Waals surface area contributed by atoms with Crippen LogP contribution in [0.5, 0.6) is 0 Å². The Labute approximate surface area is 245 Å². The van der Waals surface area contributed by atoms with E-state index in [1.807, 2.05) is 18.2 Å². The molecule has 2 amide bonds. The fourth-order valence-corrected chi connectivity index (χ4v) is 5.15. The molecule has 0 saturated heterocycles. The number of amides is 2. The summed E-state index contributed by atoms with van der Waals surface area (Å²) in [4.78, 5) is 42.6. The Balaban J connectivity index is 1.38. The van der Waals surface area contributed by atoms with Crippen LogP contribution in [0.25, 0.3) is 22.7 Å². The lowest BCUT2D eigenvalue weighted by Gasteiger charge is -2.20. The molecule has 2 saturated carbocycles. The van der Waals surface area contributed by atoms with Gasteiger partial charge in [0.1, 0.15) is 11.7 Å². The largest absolute Gasteiger partial charge is 0.467 e. The van der Waals surface area contributed by atoms with Gasteiger partial charge in [-0.15, -0.1) is 0 Å². The average molecular weight is 578 g/mol. The van der Waals surface area contributed by atoms with Crippen LogP contribution in [0.2, 0.25) is 0 Å². The minimum atomic E-state index is -1.08. The van der Waals surface area contributed by atoms with Crippen molar-refractivity contribution >= 4 is 17.8 Å². The quantitative estimate of drug-likeness (QED) is 0.275. The summed E-state index contributed by atoms with van der Waals surface area (Å²) in [7, 11) is 1.27. The number of aromatic nitrogens is 3. The number of methoxy groups -OCH3 is 1. The first kappa shape index (κ1) is 29.5. The Hall–Kier alpha value is -3.99. The Morgan fingerprint density at radius 2 is 1.74 bits per heavy atom. The maximum absolute atomic E-state index is 13.5. The van der Waals surface area contributed by atoms with Gasteiger partial charge < -0.3 is 24.9 Å². The molecule has 2 aliphatic carbocycles. The normalized spacial score (nSPS) is 16.0. The molecular formula is C31H39N5O6. The highest BCUT2D eigenvalue weighted by atomic mass is 16.5. The Bertz CT molecular complexity index is 1450. The summed E-state index contributed by atoms with van der Waals surface area (Å²) in [6.45, 7) is 7.11. The van der Waals surface area contributed by atoms with Crippen molar-refractivity contribution in [3.8, 4) is 22.7 Å². The summed E-state index contributed by atoms with van der Waals surface area (Å²) in [5, 5.41) is 21.1. The summed E-state index contributed by atoms with van der Waals surface area (Å²) in [5.74, 6) is -0.222. The standard InChI is InChI=1S/C31H39N5O6/c1-17(2)25(30(39)41-5)33-28(38)24-15-32-29(42-24)21-8-6-7-20(13-21)22-14-23(36(35-22)16-31(3,4)40)27(37)34-26(18-9-10-18)19-11-12-19/h6-8,13-15,17-19,25-26,40H,9-12,16H2,1-5H3,(H,33,38)(H,34,37). The SMILES string of the molecule is COC(=O)C(NC(=O)c1cnc(-c2cccc(-c3cc(C(=O)NC(C4CC4)C4CC4)n(CC(C)(C)O)n3)c2)o1)C(C)C. The molecule has 2 heterocycles. The van der Waals surface area contributed by atoms with Crippen LogP contribution < -0.4 is 10.6 Å². The highest BCUT2D eigenvalue weighted by Gasteiger charge is 2.42. The molecule has 11 heteroatoms. The third kappa shape index (κ3) is 6.89. The molecule has 0 radical (unpaired) electrons. The first-order valence-electron chi connectivity index (χ1n) is 14.5. The summed E-state index contributed by atoms with van der Waals surface area (Å²) >= 11 is 0. The highest BCUT2D eigenvalue weighted by molar-refractivity contribution is 5.95. The molecule has 0 bridgehead atoms. The van der Waals surface area contributed by atoms with Gasteiger partial charge in [-0.25, -0.2) is 9.78 Å². The molecule has 0 aliphatic heterocycles. The number of nitrogens with one attached hydrogen (secondary N) is 2. The fraction of sp³-hybridized carbons (Fsp3) is 0.516. The third-order valence-corrected chi connectivity index (χ3v) is 7.65. The zero-order valence-electron chi connectivity index (χ0n) is 24.7. The number of carbonyl (C=O) groups is 3. The smallest absolute Gasteiger partial charge is 0.328 e. The number of aliphatic hydroxyl groups is 1. The molecular weight excluding hydrogens is 538 g/mol. The summed E-state index contributed by atoms with van der Waals surface area (Å²) in [6.07, 6.45) is 5.90. The molecule has 3 N–H and O–H groups in total. The molecule has 42 heavy (non-hydrogen) atoms. The number of benzene rings is 1. The summed E-state index contributed by atoms with van der Waals surface area (Å²) in [5.41, 5.74) is 1.19. The first-order valence-corrected chi connectivity index (χ1v) is 14.5. The number of hydrogen-bond acceptors (Lipinski definition) is 8. The fourth-order valence-electron chi connectivity index (χ4n) is 5.15. The van der Waals surface area contributed by atoms with E-state index >= 15 is 0 Å². The molecule has 2 aromatic heterocycles. The van der Waals surface area contributed by atoms with Gasteiger partial charge in [-0.3, -0.25) is 14.3 Å². The maximum Gasteiger partial charge on any atom is 0.328 e. The molecule has 1 unspecified atom stereocenters. The lowest BCUT2D eigenvalue weighted by atomic mass is 10.0. The number of carbonyl (C=O) groups excluding carboxylic acids is 3. The molecule has 5 rings (SSSR count). The van der Waals surface area contributed by atoms with Crippen molar-refractivity contribution in [3.63, 3.8) is 0 Å². The second kappa shape index (κ2) is 11.7. The lowest BCUT2D eigenvalue weighted by molar-refractivity contribution is -0.144. The van der Waals surface area contributed by atoms with Crippen molar-refractivity contribution in [2.75, 3.05) is 7.11 Å². The van der Waals surface area contributed by atoms with Gasteiger partial charge in [0.25, 0.3) is 11.8 Å². The van der Waals surface area contributed by atoms with Crippen molar-refractivity contribution in [2.24, 2.45) is 17.8 Å². The molecule has 11 nitrogen and oxygen atoms in total. The van der Waals surface area contributed by atoms with Gasteiger partial charge in [-0.2, -0.15) is 5.10 Å². The van der Waals surface area contributed by atoms with Crippen molar-refractivity contribution in [1.29, 1.82) is 0 Å². The summed E-state index contributed by atoms with van der Waals surface area (Å²) in [6, 6.07) is 8.38. The van der Waals surface area contributed by atoms with E-state index in [4.69, 9.17) is 14.3 Å². The van der Waals surface area contributed by atoms with E-state index in [-0.39, 0.29) is 36.1 Å². The van der Waals surface area contributed by atoms with Gasteiger partial charge in [0.2, 0.25) is 11.7 Å². The lowest BCUT2D eigenvalue weighted by Crippen LogP contribution is -2.44. The van der Waals surface area contributed by atoms with Gasteiger partial charge in [0.15, 0.2) is 0 Å². The number of oxazole rings is 1. The molecule has 1 atom stereocenters. The van der Waals surface area contributed by atoms with Gasteiger partial charge >= 0.3 is 5.97 Å². The first-order chi connectivity index (χ1) is 19.9. The van der Waals surface area contributed by atoms with E-state index in [1.54, 1.807) is 44.5 Å². The van der Waals surface area contributed by atoms with E-state index in [2.05, 4.69) is 15.6 Å². The molecule has 3 aromatic rings. The monoisotopic (exact) mass is 577 g/mol. The van der Waals surface area contributed by atoms with Gasteiger partial charge in [-0.05, 0) is 75.5 Å². The predicted octanol–water partition coefficient (Wildman–Crippen LogP) is 3.82. The number of esters is 1. The van der Waals surface area contributed by atoms with Crippen LogP contribution in [-0.2, 0) is 16.1 Å². The van der Waals surface area contributed by atoms with Crippen LogP contribution in [0.15, 0.2) is 40.9 Å². The van der Waals surface area contributed by atoms with E-state index in [9.17, 15) is 19.5 Å². The van der Waals surface area contributed by atoms with Crippen LogP contribution in [0, 0.1) is 17.8 Å². The van der Waals surface area contributed by atoms with E-state index in [1.165, 1.54) is 13.3 Å². The van der Waals surface area contributed by atoms with Crippen LogP contribution in [0.1, 0.15) is 74.4 Å². The topological polar surface area (TPSA) is 149 Å². The Morgan fingerprint density at radius 3 is 2.33 bits per heavy atom. The van der Waals surface area contributed by atoms with Crippen LogP contribution in [0.3, 0.4) is 0 Å². The van der Waals surface area contributed by atoms with Gasteiger partial charge in [0.05, 0.1) is 31.1 Å². The minimum Gasteiger partial charge on any atom is -0.467 e. The van der Waals surface area contributed by atoms with Gasteiger partial charge in [-0.1, -0.05) is 26.0 Å². The predicted molar refractivity (Wildman–Crippen MR) is 154 cm³/mol. The van der Waals surface area contributed by atoms with Crippen LogP contribution >= 0.6 is 0 Å². The Morgan fingerprint density at radius 1 is 1.07 bits per heavy atom. The van der Waals surface area contributed by atoms with Crippen LogP contribution in [-0.4, -0.2) is 62.4 Å². The second-order valence-electron chi connectivity index (χ2n) is 12.4. The van der Waals surface area contributed by atoms with E-state index in [0.717, 1.165) is 25.7 Å². The Kier molecular flexibility index (Phi) is 8.23. The van der Waals surface area contributed by atoms with E-state index in [0.29, 0.717) is 34.4 Å². The molecule has 0 spiro atoms. The maximum atomic E-state index is 13.5. The van der Waals surface area contributed by atoms with Crippen molar-refractivity contribution in [3.05, 3.63) is 48.0 Å². The molecule has 1 aromatic carbocycles. The zero-order chi connectivity index (χ0) is 30.2. The van der Waals surface area contributed by atoms with E-state index < -0.39 is 23.5 Å². The summed E-state index contributed by atoms with van der Waals surface area (Å²) < 4.78 is 12.1. The molecule has 2 aliphatic rings. The minimum absolute atomic E-state index is 0.0424. The average Bonchev–Trinajstić information content (AvgIpc) is 3.87. The van der Waals surface area contributed by atoms with Crippen molar-refractivity contribution in [1.82, 2.24) is 25.4 Å². The number of hydrogen-bond donors (Lipinski definition) is 3. The molecule has 224 valence electrons. The highest BCUT2D eigenvalue weighted by Crippen LogP contribution is 2.44. The second-order valence-corrected chi connectivity index (χ2v) is 12.4. The molecule has 2 fully saturated rings. The van der Waals surface area contributed by atoms with Crippen molar-refractivity contribution in [2.45, 2.75) is 77.6 Å². The number of nitrogens with zero attached hydrogens (tertiary/aromatic N) is 3. The van der Waals surface area contributed by atoms with Gasteiger partial charge in [0, 0.05) is 17.2 Å². The van der Waals surface area contributed by atoms with Crippen LogP contribution in [0.4, 0.5) is 0 Å². The van der Waals surface area contributed by atoms with Crippen molar-refractivity contribution < 1.29 is 28.6 Å².